The van der Waals surface area contributed by atoms with E-state index in [-0.39, 0.29) is 11.9 Å². The number of rotatable bonds is 6. The molecule has 22 heavy (non-hydrogen) atoms. The van der Waals surface area contributed by atoms with Gasteiger partial charge in [-0.2, -0.15) is 0 Å². The summed E-state index contributed by atoms with van der Waals surface area (Å²) in [5.41, 5.74) is 0.708. The smallest absolute Gasteiger partial charge is 0.127 e. The van der Waals surface area contributed by atoms with Crippen LogP contribution in [0.4, 0.5) is 4.39 Å². The van der Waals surface area contributed by atoms with Gasteiger partial charge in [0.1, 0.15) is 11.6 Å². The predicted octanol–water partition coefficient (Wildman–Crippen LogP) is 3.74. The second-order valence-electron chi connectivity index (χ2n) is 5.85. The molecular weight excluding hydrogens is 279 g/mol. The molecule has 0 radical (unpaired) electrons. The number of nitrogens with one attached hydrogen (secondary N) is 1. The molecule has 2 aromatic rings. The first-order valence-electron chi connectivity index (χ1n) is 8.06. The molecule has 1 aromatic carbocycles. The fraction of sp³-hybridized carbons (Fsp3) is 0.444. The second kappa shape index (κ2) is 7.56. The lowest BCUT2D eigenvalue weighted by atomic mass is 10.1. The van der Waals surface area contributed by atoms with Crippen LogP contribution in [0.3, 0.4) is 0 Å². The summed E-state index contributed by atoms with van der Waals surface area (Å²) in [6.45, 7) is 3.51. The maximum absolute atomic E-state index is 13.7. The van der Waals surface area contributed by atoms with Gasteiger partial charge in [-0.3, -0.25) is 4.90 Å². The fourth-order valence-corrected chi connectivity index (χ4v) is 3.11. The first-order valence-corrected chi connectivity index (χ1v) is 8.06. The second-order valence-corrected chi connectivity index (χ2v) is 5.85. The van der Waals surface area contributed by atoms with Crippen molar-refractivity contribution < 1.29 is 8.81 Å². The Hall–Kier alpha value is -1.65. The molecule has 1 N–H and O–H groups in total. The Labute approximate surface area is 131 Å². The molecule has 1 aromatic heterocycles. The summed E-state index contributed by atoms with van der Waals surface area (Å²) in [5.74, 6) is 0.838. The SMILES string of the molecule is Fc1ccccc1CNCC(c1ccco1)N1CCCCC1. The zero-order chi connectivity index (χ0) is 15.2. The van der Waals surface area contributed by atoms with Crippen LogP contribution in [0, 0.1) is 5.82 Å². The first kappa shape index (κ1) is 15.3. The minimum absolute atomic E-state index is 0.150. The van der Waals surface area contributed by atoms with Crippen molar-refractivity contribution in [2.75, 3.05) is 19.6 Å². The molecule has 1 aliphatic rings. The summed E-state index contributed by atoms with van der Waals surface area (Å²) in [4.78, 5) is 2.47. The number of hydrogen-bond donors (Lipinski definition) is 1. The van der Waals surface area contributed by atoms with E-state index in [4.69, 9.17) is 4.42 Å². The van der Waals surface area contributed by atoms with Gasteiger partial charge in [0.05, 0.1) is 12.3 Å². The highest BCUT2D eigenvalue weighted by molar-refractivity contribution is 5.17. The number of furan rings is 1. The zero-order valence-corrected chi connectivity index (χ0v) is 12.8. The number of nitrogens with zero attached hydrogens (tertiary/aromatic N) is 1. The van der Waals surface area contributed by atoms with Gasteiger partial charge in [0.15, 0.2) is 0 Å². The summed E-state index contributed by atoms with van der Waals surface area (Å²) >= 11 is 0. The van der Waals surface area contributed by atoms with Gasteiger partial charge in [0, 0.05) is 18.7 Å². The van der Waals surface area contributed by atoms with E-state index in [1.54, 1.807) is 12.3 Å². The fourth-order valence-electron chi connectivity index (χ4n) is 3.11. The van der Waals surface area contributed by atoms with Crippen molar-refractivity contribution in [3.05, 3.63) is 59.8 Å². The van der Waals surface area contributed by atoms with Gasteiger partial charge >= 0.3 is 0 Å². The Kier molecular flexibility index (Phi) is 5.24. The Balaban J connectivity index is 1.62. The molecule has 1 atom stereocenters. The molecule has 2 heterocycles. The number of hydrogen-bond acceptors (Lipinski definition) is 3. The lowest BCUT2D eigenvalue weighted by Crippen LogP contribution is -2.38. The highest BCUT2D eigenvalue weighted by Gasteiger charge is 2.24. The molecular formula is C18H23FN2O. The molecule has 0 amide bonds. The highest BCUT2D eigenvalue weighted by Crippen LogP contribution is 2.24. The molecule has 0 aliphatic carbocycles. The van der Waals surface area contributed by atoms with Crippen molar-refractivity contribution in [2.24, 2.45) is 0 Å². The summed E-state index contributed by atoms with van der Waals surface area (Å²) in [6.07, 6.45) is 5.52. The average molecular weight is 302 g/mol. The van der Waals surface area contributed by atoms with E-state index in [0.29, 0.717) is 12.1 Å². The van der Waals surface area contributed by atoms with E-state index in [2.05, 4.69) is 10.2 Å². The average Bonchev–Trinajstić information content (AvgIpc) is 3.08. The van der Waals surface area contributed by atoms with E-state index >= 15 is 0 Å². The zero-order valence-electron chi connectivity index (χ0n) is 12.8. The van der Waals surface area contributed by atoms with Crippen molar-refractivity contribution in [3.8, 4) is 0 Å². The van der Waals surface area contributed by atoms with Crippen LogP contribution in [0.25, 0.3) is 0 Å². The van der Waals surface area contributed by atoms with Crippen molar-refractivity contribution in [2.45, 2.75) is 31.8 Å². The van der Waals surface area contributed by atoms with Gasteiger partial charge in [0.2, 0.25) is 0 Å². The van der Waals surface area contributed by atoms with Crippen LogP contribution < -0.4 is 5.32 Å². The first-order chi connectivity index (χ1) is 10.8. The summed E-state index contributed by atoms with van der Waals surface area (Å²) in [6, 6.07) is 11.1. The third kappa shape index (κ3) is 3.76. The minimum Gasteiger partial charge on any atom is -0.468 e. The van der Waals surface area contributed by atoms with Gasteiger partial charge in [-0.15, -0.1) is 0 Å². The summed E-state index contributed by atoms with van der Waals surface area (Å²) in [7, 11) is 0. The van der Waals surface area contributed by atoms with E-state index in [1.807, 2.05) is 24.3 Å². The number of benzene rings is 1. The molecule has 0 saturated carbocycles. The lowest BCUT2D eigenvalue weighted by Gasteiger charge is -2.33. The van der Waals surface area contributed by atoms with Gasteiger partial charge in [-0.25, -0.2) is 4.39 Å². The van der Waals surface area contributed by atoms with E-state index in [0.717, 1.165) is 25.4 Å². The molecule has 0 spiro atoms. The van der Waals surface area contributed by atoms with E-state index in [1.165, 1.54) is 25.3 Å². The van der Waals surface area contributed by atoms with Gasteiger partial charge in [-0.05, 0) is 44.1 Å². The van der Waals surface area contributed by atoms with Gasteiger partial charge in [0.25, 0.3) is 0 Å². The molecule has 1 unspecified atom stereocenters. The number of likely N-dealkylation sites (tertiary alicyclic amines) is 1. The van der Waals surface area contributed by atoms with E-state index in [9.17, 15) is 4.39 Å². The maximum Gasteiger partial charge on any atom is 0.127 e. The Morgan fingerprint density at radius 2 is 1.91 bits per heavy atom. The highest BCUT2D eigenvalue weighted by atomic mass is 19.1. The monoisotopic (exact) mass is 302 g/mol. The molecule has 4 heteroatoms. The molecule has 1 aliphatic heterocycles. The normalized spacial score (nSPS) is 17.5. The quantitative estimate of drug-likeness (QED) is 0.881. The minimum atomic E-state index is -0.150. The molecule has 118 valence electrons. The predicted molar refractivity (Wildman–Crippen MR) is 85.0 cm³/mol. The van der Waals surface area contributed by atoms with Crippen molar-refractivity contribution in [3.63, 3.8) is 0 Å². The molecule has 3 nitrogen and oxygen atoms in total. The summed E-state index contributed by atoms with van der Waals surface area (Å²) in [5, 5.41) is 3.39. The van der Waals surface area contributed by atoms with Crippen molar-refractivity contribution >= 4 is 0 Å². The van der Waals surface area contributed by atoms with Crippen LogP contribution in [0.5, 0.6) is 0 Å². The van der Waals surface area contributed by atoms with Crippen LogP contribution >= 0.6 is 0 Å². The van der Waals surface area contributed by atoms with Crippen LogP contribution in [0.1, 0.15) is 36.6 Å². The Morgan fingerprint density at radius 1 is 1.09 bits per heavy atom. The van der Waals surface area contributed by atoms with E-state index < -0.39 is 0 Å². The molecule has 3 rings (SSSR count). The lowest BCUT2D eigenvalue weighted by molar-refractivity contribution is 0.142. The van der Waals surface area contributed by atoms with Gasteiger partial charge < -0.3 is 9.73 Å². The van der Waals surface area contributed by atoms with Gasteiger partial charge in [-0.1, -0.05) is 24.6 Å². The van der Waals surface area contributed by atoms with Crippen LogP contribution in [-0.4, -0.2) is 24.5 Å². The van der Waals surface area contributed by atoms with Crippen LogP contribution in [0.2, 0.25) is 0 Å². The largest absolute Gasteiger partial charge is 0.468 e. The molecule has 0 bridgehead atoms. The third-order valence-electron chi connectivity index (χ3n) is 4.31. The maximum atomic E-state index is 13.7. The third-order valence-corrected chi connectivity index (χ3v) is 4.31. The Morgan fingerprint density at radius 3 is 2.64 bits per heavy atom. The molecule has 1 saturated heterocycles. The van der Waals surface area contributed by atoms with Crippen LogP contribution in [0.15, 0.2) is 47.1 Å². The summed E-state index contributed by atoms with van der Waals surface area (Å²) < 4.78 is 19.3. The topological polar surface area (TPSA) is 28.4 Å². The standard InChI is InChI=1S/C18H23FN2O/c19-16-8-3-2-7-15(16)13-20-14-17(18-9-6-12-22-18)21-10-4-1-5-11-21/h2-3,6-9,12,17,20H,1,4-5,10-11,13-14H2. The van der Waals surface area contributed by atoms with Crippen LogP contribution in [-0.2, 0) is 6.54 Å². The van der Waals surface area contributed by atoms with Crippen molar-refractivity contribution in [1.82, 2.24) is 10.2 Å². The van der Waals surface area contributed by atoms with Crippen molar-refractivity contribution in [1.29, 1.82) is 0 Å². The number of halogens is 1. The number of piperidine rings is 1. The Bertz CT molecular complexity index is 564. The molecule has 1 fully saturated rings.